The van der Waals surface area contributed by atoms with Gasteiger partial charge in [0.2, 0.25) is 10.0 Å². The van der Waals surface area contributed by atoms with Crippen LogP contribution < -0.4 is 4.72 Å². The third-order valence-corrected chi connectivity index (χ3v) is 5.91. The van der Waals surface area contributed by atoms with E-state index in [9.17, 15) is 8.42 Å². The first-order valence-electron chi connectivity index (χ1n) is 6.80. The molecule has 1 N–H and O–H groups in total. The number of aryl methyl sites for hydroxylation is 3. The van der Waals surface area contributed by atoms with Gasteiger partial charge >= 0.3 is 0 Å². The maximum absolute atomic E-state index is 12.4. The summed E-state index contributed by atoms with van der Waals surface area (Å²) in [7, 11) is -3.47. The molecule has 2 aromatic rings. The maximum atomic E-state index is 12.4. The first-order valence-corrected chi connectivity index (χ1v) is 9.10. The Bertz CT molecular complexity index is 736. The highest BCUT2D eigenvalue weighted by Gasteiger charge is 2.21. The van der Waals surface area contributed by atoms with E-state index in [1.807, 2.05) is 45.9 Å². The molecule has 0 bridgehead atoms. The van der Waals surface area contributed by atoms with E-state index in [1.54, 1.807) is 6.07 Å². The Hall–Kier alpha value is -1.24. The molecule has 0 aliphatic heterocycles. The number of aromatic nitrogens is 1. The Kier molecular flexibility index (Phi) is 4.81. The lowest BCUT2D eigenvalue weighted by molar-refractivity contribution is 0.558. The highest BCUT2D eigenvalue weighted by Crippen LogP contribution is 2.25. The van der Waals surface area contributed by atoms with E-state index in [1.165, 1.54) is 11.3 Å². The van der Waals surface area contributed by atoms with Crippen LogP contribution in [0.15, 0.2) is 29.2 Å². The van der Waals surface area contributed by atoms with Gasteiger partial charge in [0.25, 0.3) is 0 Å². The van der Waals surface area contributed by atoms with E-state index in [2.05, 4.69) is 9.71 Å². The van der Waals surface area contributed by atoms with Gasteiger partial charge in [0.05, 0.1) is 4.90 Å². The third-order valence-electron chi connectivity index (χ3n) is 3.10. The second-order valence-electron chi connectivity index (χ2n) is 5.27. The van der Waals surface area contributed by atoms with E-state index in [0.717, 1.165) is 21.1 Å². The Morgan fingerprint density at radius 1 is 1.29 bits per heavy atom. The Labute approximate surface area is 130 Å². The number of pyridine rings is 1. The molecule has 1 atom stereocenters. The summed E-state index contributed by atoms with van der Waals surface area (Å²) >= 11 is 1.50. The van der Waals surface area contributed by atoms with Crippen molar-refractivity contribution >= 4 is 21.4 Å². The molecule has 0 aromatic carbocycles. The molecule has 0 aliphatic carbocycles. The lowest BCUT2D eigenvalue weighted by Gasteiger charge is -2.14. The van der Waals surface area contributed by atoms with Crippen molar-refractivity contribution in [2.75, 3.05) is 0 Å². The predicted octanol–water partition coefficient (Wildman–Crippen LogP) is 2.98. The maximum Gasteiger partial charge on any atom is 0.241 e. The van der Waals surface area contributed by atoms with Crippen LogP contribution in [0, 0.1) is 20.8 Å². The highest BCUT2D eigenvalue weighted by atomic mass is 32.2. The summed E-state index contributed by atoms with van der Waals surface area (Å²) in [5.41, 5.74) is 1.83. The lowest BCUT2D eigenvalue weighted by Crippen LogP contribution is -2.34. The number of nitrogens with one attached hydrogen (secondary N) is 1. The van der Waals surface area contributed by atoms with Crippen molar-refractivity contribution in [3.63, 3.8) is 0 Å². The predicted molar refractivity (Wildman–Crippen MR) is 86.3 cm³/mol. The largest absolute Gasteiger partial charge is 0.258 e. The van der Waals surface area contributed by atoms with Crippen molar-refractivity contribution < 1.29 is 8.42 Å². The number of rotatable bonds is 5. The van der Waals surface area contributed by atoms with Crippen LogP contribution in [0.4, 0.5) is 0 Å². The molecule has 4 nitrogen and oxygen atoms in total. The van der Waals surface area contributed by atoms with Gasteiger partial charge < -0.3 is 0 Å². The number of nitrogens with zero attached hydrogens (tertiary/aromatic N) is 1. The minimum Gasteiger partial charge on any atom is -0.258 e. The summed E-state index contributed by atoms with van der Waals surface area (Å²) in [5.74, 6) is 0. The summed E-state index contributed by atoms with van der Waals surface area (Å²) in [6.07, 6.45) is 0.572. The van der Waals surface area contributed by atoms with Crippen LogP contribution in [0.5, 0.6) is 0 Å². The number of thiophene rings is 1. The molecule has 0 amide bonds. The molecule has 2 rings (SSSR count). The Balaban J connectivity index is 2.11. The van der Waals surface area contributed by atoms with Crippen LogP contribution >= 0.6 is 11.3 Å². The monoisotopic (exact) mass is 324 g/mol. The number of sulfonamides is 1. The quantitative estimate of drug-likeness (QED) is 0.920. The molecule has 21 heavy (non-hydrogen) atoms. The first-order chi connectivity index (χ1) is 9.78. The van der Waals surface area contributed by atoms with E-state index >= 15 is 0 Å². The molecular formula is C15H20N2O2S2. The number of hydrogen-bond acceptors (Lipinski definition) is 4. The smallest absolute Gasteiger partial charge is 0.241 e. The Morgan fingerprint density at radius 3 is 2.57 bits per heavy atom. The van der Waals surface area contributed by atoms with Gasteiger partial charge in [-0.2, -0.15) is 0 Å². The van der Waals surface area contributed by atoms with Gasteiger partial charge in [-0.25, -0.2) is 13.1 Å². The van der Waals surface area contributed by atoms with Crippen molar-refractivity contribution in [2.24, 2.45) is 0 Å². The van der Waals surface area contributed by atoms with Crippen LogP contribution in [-0.4, -0.2) is 19.4 Å². The van der Waals surface area contributed by atoms with Crippen LogP contribution in [0.3, 0.4) is 0 Å². The van der Waals surface area contributed by atoms with E-state index in [-0.39, 0.29) is 6.04 Å². The van der Waals surface area contributed by atoms with E-state index in [4.69, 9.17) is 0 Å². The average Bonchev–Trinajstić information content (AvgIpc) is 2.68. The average molecular weight is 324 g/mol. The molecule has 0 saturated carbocycles. The van der Waals surface area contributed by atoms with Crippen molar-refractivity contribution in [3.8, 4) is 0 Å². The topological polar surface area (TPSA) is 59.1 Å². The molecule has 0 saturated heterocycles. The molecule has 114 valence electrons. The standard InChI is InChI=1S/C15H20N2O2S2/c1-10-6-5-7-14(16-10)8-11(2)17-21(18,19)15-9-12(3)20-13(15)4/h5-7,9,11,17H,8H2,1-4H3/t11-/m0/s1. The summed E-state index contributed by atoms with van der Waals surface area (Å²) in [6.45, 7) is 7.53. The van der Waals surface area contributed by atoms with E-state index < -0.39 is 10.0 Å². The number of hydrogen-bond donors (Lipinski definition) is 1. The second kappa shape index (κ2) is 6.25. The van der Waals surface area contributed by atoms with Gasteiger partial charge in [0.15, 0.2) is 0 Å². The summed E-state index contributed by atoms with van der Waals surface area (Å²) < 4.78 is 27.6. The van der Waals surface area contributed by atoms with Gasteiger partial charge in [-0.1, -0.05) is 6.07 Å². The van der Waals surface area contributed by atoms with Crippen molar-refractivity contribution in [1.29, 1.82) is 0 Å². The van der Waals surface area contributed by atoms with Gasteiger partial charge in [-0.15, -0.1) is 11.3 Å². The first kappa shape index (κ1) is 16.1. The minimum atomic E-state index is -3.47. The van der Waals surface area contributed by atoms with Gasteiger partial charge in [0, 0.05) is 33.6 Å². The molecule has 0 radical (unpaired) electrons. The Morgan fingerprint density at radius 2 is 2.00 bits per heavy atom. The van der Waals surface area contributed by atoms with Gasteiger partial charge in [-0.3, -0.25) is 4.98 Å². The molecule has 2 aromatic heterocycles. The minimum absolute atomic E-state index is 0.205. The fraction of sp³-hybridized carbons (Fsp3) is 0.400. The normalized spacial score (nSPS) is 13.3. The molecule has 2 heterocycles. The highest BCUT2D eigenvalue weighted by molar-refractivity contribution is 7.89. The van der Waals surface area contributed by atoms with Crippen LogP contribution in [0.25, 0.3) is 0 Å². The van der Waals surface area contributed by atoms with Gasteiger partial charge in [-0.05, 0) is 45.9 Å². The molecule has 6 heteroatoms. The van der Waals surface area contributed by atoms with Crippen LogP contribution in [0.2, 0.25) is 0 Å². The molecule has 0 fully saturated rings. The van der Waals surface area contributed by atoms with E-state index in [0.29, 0.717) is 11.3 Å². The van der Waals surface area contributed by atoms with Crippen molar-refractivity contribution in [2.45, 2.75) is 45.1 Å². The summed E-state index contributed by atoms with van der Waals surface area (Å²) in [6, 6.07) is 7.29. The molecule has 0 aliphatic rings. The zero-order chi connectivity index (χ0) is 15.6. The molecule has 0 unspecified atom stereocenters. The molecule has 0 spiro atoms. The van der Waals surface area contributed by atoms with Crippen LogP contribution in [0.1, 0.15) is 28.1 Å². The lowest BCUT2D eigenvalue weighted by atomic mass is 10.2. The van der Waals surface area contributed by atoms with Crippen molar-refractivity contribution in [3.05, 3.63) is 45.4 Å². The fourth-order valence-electron chi connectivity index (χ4n) is 2.27. The van der Waals surface area contributed by atoms with Crippen LogP contribution in [-0.2, 0) is 16.4 Å². The molecular weight excluding hydrogens is 304 g/mol. The zero-order valence-electron chi connectivity index (χ0n) is 12.7. The fourth-order valence-corrected chi connectivity index (χ4v) is 5.07. The second-order valence-corrected chi connectivity index (χ2v) is 8.42. The third kappa shape index (κ3) is 4.12. The summed E-state index contributed by atoms with van der Waals surface area (Å²) in [5, 5.41) is 0. The van der Waals surface area contributed by atoms with Gasteiger partial charge in [0.1, 0.15) is 0 Å². The SMILES string of the molecule is Cc1cccc(C[C@H](C)NS(=O)(=O)c2cc(C)sc2C)n1. The van der Waals surface area contributed by atoms with Crippen molar-refractivity contribution in [1.82, 2.24) is 9.71 Å². The summed E-state index contributed by atoms with van der Waals surface area (Å²) in [4.78, 5) is 6.61. The zero-order valence-corrected chi connectivity index (χ0v) is 14.3.